The Morgan fingerprint density at radius 2 is 2.00 bits per heavy atom. The van der Waals surface area contributed by atoms with Crippen LogP contribution in [-0.4, -0.2) is 21.4 Å². The second-order valence-electron chi connectivity index (χ2n) is 5.95. The zero-order valence-corrected chi connectivity index (χ0v) is 12.7. The summed E-state index contributed by atoms with van der Waals surface area (Å²) in [5.74, 6) is 0. The first kappa shape index (κ1) is 13.8. The van der Waals surface area contributed by atoms with Gasteiger partial charge in [0.05, 0.1) is 0 Å². The van der Waals surface area contributed by atoms with Gasteiger partial charge in [-0.1, -0.05) is 23.7 Å². The van der Waals surface area contributed by atoms with Crippen molar-refractivity contribution in [3.8, 4) is 0 Å². The van der Waals surface area contributed by atoms with Crippen LogP contribution in [0.5, 0.6) is 0 Å². The van der Waals surface area contributed by atoms with Gasteiger partial charge >= 0.3 is 5.69 Å². The molecule has 0 saturated carbocycles. The second kappa shape index (κ2) is 5.11. The topological polar surface area (TPSA) is 69.0 Å². The molecule has 0 spiro atoms. The highest BCUT2D eigenvalue weighted by Gasteiger charge is 2.32. The molecule has 6 heteroatoms. The first-order chi connectivity index (χ1) is 10.6. The van der Waals surface area contributed by atoms with E-state index in [2.05, 4.69) is 20.9 Å². The van der Waals surface area contributed by atoms with Gasteiger partial charge in [0.2, 0.25) is 0 Å². The van der Waals surface area contributed by atoms with E-state index in [4.69, 9.17) is 11.6 Å². The quantitative estimate of drug-likeness (QED) is 0.842. The van der Waals surface area contributed by atoms with Crippen molar-refractivity contribution >= 4 is 11.6 Å². The van der Waals surface area contributed by atoms with Gasteiger partial charge in [-0.25, -0.2) is 4.79 Å². The molecule has 2 aromatic rings. The van der Waals surface area contributed by atoms with Crippen molar-refractivity contribution in [2.45, 2.75) is 31.8 Å². The van der Waals surface area contributed by atoms with Gasteiger partial charge in [0.1, 0.15) is 0 Å². The van der Waals surface area contributed by atoms with Gasteiger partial charge < -0.3 is 4.98 Å². The Morgan fingerprint density at radius 3 is 2.86 bits per heavy atom. The third kappa shape index (κ3) is 2.12. The van der Waals surface area contributed by atoms with Crippen molar-refractivity contribution in [3.05, 3.63) is 66.4 Å². The van der Waals surface area contributed by atoms with E-state index in [9.17, 15) is 9.59 Å². The monoisotopic (exact) mass is 317 g/mol. The summed E-state index contributed by atoms with van der Waals surface area (Å²) < 4.78 is 0. The molecular formula is C16H16ClN3O2. The van der Waals surface area contributed by atoms with Gasteiger partial charge in [-0.3, -0.25) is 14.7 Å². The molecule has 0 amide bonds. The van der Waals surface area contributed by atoms with E-state index < -0.39 is 5.69 Å². The molecule has 1 aromatic carbocycles. The SMILES string of the molecule is O=c1[nH]c2c(c(=O)[nH]1)CCN(C1CCc3c(Cl)cccc31)C2. The summed E-state index contributed by atoms with van der Waals surface area (Å²) in [6, 6.07) is 6.37. The lowest BCUT2D eigenvalue weighted by Gasteiger charge is -2.33. The number of nitrogens with zero attached hydrogens (tertiary/aromatic N) is 1. The lowest BCUT2D eigenvalue weighted by molar-refractivity contribution is 0.175. The highest BCUT2D eigenvalue weighted by molar-refractivity contribution is 6.31. The molecule has 1 atom stereocenters. The fourth-order valence-corrected chi connectivity index (χ4v) is 4.01. The Morgan fingerprint density at radius 1 is 1.14 bits per heavy atom. The minimum Gasteiger partial charge on any atom is -0.310 e. The van der Waals surface area contributed by atoms with Gasteiger partial charge in [-0.15, -0.1) is 0 Å². The Kier molecular flexibility index (Phi) is 3.20. The van der Waals surface area contributed by atoms with Gasteiger partial charge in [-0.05, 0) is 36.5 Å². The molecule has 2 aliphatic rings. The van der Waals surface area contributed by atoms with Crippen LogP contribution in [-0.2, 0) is 19.4 Å². The largest absolute Gasteiger partial charge is 0.325 e. The van der Waals surface area contributed by atoms with Gasteiger partial charge in [-0.2, -0.15) is 0 Å². The van der Waals surface area contributed by atoms with Crippen LogP contribution in [0.1, 0.15) is 34.8 Å². The standard InChI is InChI=1S/C16H16ClN3O2/c17-12-3-1-2-10-9(12)4-5-14(10)20-7-6-11-13(8-20)18-16(22)19-15(11)21/h1-3,14H,4-8H2,(H2,18,19,21,22). The first-order valence-electron chi connectivity index (χ1n) is 7.49. The van der Waals surface area contributed by atoms with E-state index in [1.807, 2.05) is 12.1 Å². The van der Waals surface area contributed by atoms with Crippen LogP contribution in [0.25, 0.3) is 0 Å². The fourth-order valence-electron chi connectivity index (χ4n) is 3.73. The number of hydrogen-bond donors (Lipinski definition) is 2. The predicted octanol–water partition coefficient (Wildman–Crippen LogP) is 1.76. The molecule has 1 aliphatic heterocycles. The number of nitrogens with one attached hydrogen (secondary N) is 2. The smallest absolute Gasteiger partial charge is 0.310 e. The molecule has 0 fully saturated rings. The van der Waals surface area contributed by atoms with Crippen molar-refractivity contribution in [3.63, 3.8) is 0 Å². The molecule has 0 radical (unpaired) electrons. The summed E-state index contributed by atoms with van der Waals surface area (Å²) in [5, 5.41) is 0.835. The Bertz CT molecular complexity index is 855. The Balaban J connectivity index is 1.69. The van der Waals surface area contributed by atoms with Crippen molar-refractivity contribution in [2.24, 2.45) is 0 Å². The van der Waals surface area contributed by atoms with E-state index in [1.54, 1.807) is 0 Å². The van der Waals surface area contributed by atoms with Crippen LogP contribution in [0.15, 0.2) is 27.8 Å². The second-order valence-corrected chi connectivity index (χ2v) is 6.36. The number of halogens is 1. The van der Waals surface area contributed by atoms with Crippen molar-refractivity contribution in [1.82, 2.24) is 14.9 Å². The van der Waals surface area contributed by atoms with Gasteiger partial charge in [0.15, 0.2) is 0 Å². The van der Waals surface area contributed by atoms with Crippen LogP contribution in [0.3, 0.4) is 0 Å². The van der Waals surface area contributed by atoms with Gasteiger partial charge in [0.25, 0.3) is 5.56 Å². The lowest BCUT2D eigenvalue weighted by atomic mass is 10.0. The molecule has 1 aliphatic carbocycles. The highest BCUT2D eigenvalue weighted by Crippen LogP contribution is 2.40. The number of aromatic nitrogens is 2. The number of rotatable bonds is 1. The minimum absolute atomic E-state index is 0.256. The summed E-state index contributed by atoms with van der Waals surface area (Å²) in [4.78, 5) is 30.7. The molecule has 0 saturated heterocycles. The summed E-state index contributed by atoms with van der Waals surface area (Å²) in [6.07, 6.45) is 2.67. The van der Waals surface area contributed by atoms with Crippen LogP contribution < -0.4 is 11.2 Å². The van der Waals surface area contributed by atoms with Crippen LogP contribution in [0, 0.1) is 0 Å². The maximum atomic E-state index is 11.8. The molecular weight excluding hydrogens is 302 g/mol. The summed E-state index contributed by atoms with van der Waals surface area (Å²) in [7, 11) is 0. The summed E-state index contributed by atoms with van der Waals surface area (Å²) >= 11 is 6.29. The normalized spacial score (nSPS) is 20.7. The number of fused-ring (bicyclic) bond motifs is 2. The number of H-pyrrole nitrogens is 2. The summed E-state index contributed by atoms with van der Waals surface area (Å²) in [5.41, 5.74) is 3.28. The van der Waals surface area contributed by atoms with E-state index in [1.165, 1.54) is 11.1 Å². The average molecular weight is 318 g/mol. The third-order valence-corrected chi connectivity index (χ3v) is 5.12. The molecule has 1 unspecified atom stereocenters. The fraction of sp³-hybridized carbons (Fsp3) is 0.375. The molecule has 2 heterocycles. The summed E-state index contributed by atoms with van der Waals surface area (Å²) in [6.45, 7) is 1.42. The van der Waals surface area contributed by atoms with E-state index >= 15 is 0 Å². The first-order valence-corrected chi connectivity index (χ1v) is 7.87. The van der Waals surface area contributed by atoms with Crippen LogP contribution in [0.2, 0.25) is 5.02 Å². The van der Waals surface area contributed by atoms with E-state index in [0.29, 0.717) is 24.6 Å². The molecule has 22 heavy (non-hydrogen) atoms. The molecule has 5 nitrogen and oxygen atoms in total. The number of benzene rings is 1. The van der Waals surface area contributed by atoms with Crippen molar-refractivity contribution < 1.29 is 0 Å². The third-order valence-electron chi connectivity index (χ3n) is 4.76. The number of aromatic amines is 2. The highest BCUT2D eigenvalue weighted by atomic mass is 35.5. The van der Waals surface area contributed by atoms with Crippen molar-refractivity contribution in [1.29, 1.82) is 0 Å². The Labute approximate surface area is 131 Å². The average Bonchev–Trinajstić information content (AvgIpc) is 2.92. The van der Waals surface area contributed by atoms with Crippen LogP contribution >= 0.6 is 11.6 Å². The van der Waals surface area contributed by atoms with Gasteiger partial charge in [0, 0.05) is 35.4 Å². The maximum absolute atomic E-state index is 11.8. The zero-order chi connectivity index (χ0) is 15.3. The molecule has 114 valence electrons. The zero-order valence-electron chi connectivity index (χ0n) is 12.0. The van der Waals surface area contributed by atoms with E-state index in [0.717, 1.165) is 30.1 Å². The van der Waals surface area contributed by atoms with Crippen molar-refractivity contribution in [2.75, 3.05) is 6.54 Å². The van der Waals surface area contributed by atoms with Crippen LogP contribution in [0.4, 0.5) is 0 Å². The predicted molar refractivity (Wildman–Crippen MR) is 84.3 cm³/mol. The number of hydrogen-bond acceptors (Lipinski definition) is 3. The molecule has 4 rings (SSSR count). The molecule has 0 bridgehead atoms. The minimum atomic E-state index is -0.430. The Hall–Kier alpha value is -1.85. The molecule has 1 aromatic heterocycles. The maximum Gasteiger partial charge on any atom is 0.325 e. The lowest BCUT2D eigenvalue weighted by Crippen LogP contribution is -2.39. The molecule has 2 N–H and O–H groups in total. The van der Waals surface area contributed by atoms with E-state index in [-0.39, 0.29) is 5.56 Å².